The maximum atomic E-state index is 13.9. The Labute approximate surface area is 213 Å². The van der Waals surface area contributed by atoms with Crippen molar-refractivity contribution >= 4 is 17.7 Å². The maximum Gasteiger partial charge on any atom is 0.248 e. The second-order valence-electron chi connectivity index (χ2n) is 12.3. The van der Waals surface area contributed by atoms with E-state index in [0.29, 0.717) is 12.3 Å². The molecule has 10 heteroatoms. The van der Waals surface area contributed by atoms with Crippen LogP contribution in [0.5, 0.6) is 0 Å². The molecule has 1 aliphatic heterocycles. The number of rotatable bonds is 7. The van der Waals surface area contributed by atoms with Crippen LogP contribution < -0.4 is 10.6 Å². The van der Waals surface area contributed by atoms with Gasteiger partial charge in [0.1, 0.15) is 12.1 Å². The van der Waals surface area contributed by atoms with Gasteiger partial charge in [-0.1, -0.05) is 32.4 Å². The third kappa shape index (κ3) is 6.07. The van der Waals surface area contributed by atoms with Crippen LogP contribution in [0.2, 0.25) is 0 Å². The lowest BCUT2D eigenvalue weighted by Gasteiger charge is -2.35. The average molecular weight is 503 g/mol. The number of carbonyl (C=O) groups is 3. The van der Waals surface area contributed by atoms with E-state index in [-0.39, 0.29) is 48.7 Å². The Kier molecular flexibility index (Phi) is 7.73. The zero-order chi connectivity index (χ0) is 26.2. The molecule has 3 aliphatic rings. The molecule has 3 fully saturated rings. The van der Waals surface area contributed by atoms with Crippen molar-refractivity contribution in [1.82, 2.24) is 30.5 Å². The van der Waals surface area contributed by atoms with E-state index in [0.717, 1.165) is 37.8 Å². The lowest BCUT2D eigenvalue weighted by Crippen LogP contribution is -2.53. The summed E-state index contributed by atoms with van der Waals surface area (Å²) >= 11 is 0. The summed E-state index contributed by atoms with van der Waals surface area (Å²) in [6.07, 6.45) is 6.53. The minimum Gasteiger partial charge on any atom is -0.391 e. The molecule has 0 radical (unpaired) electrons. The summed E-state index contributed by atoms with van der Waals surface area (Å²) in [5, 5.41) is 25.1. The van der Waals surface area contributed by atoms with Crippen molar-refractivity contribution in [1.29, 1.82) is 0 Å². The summed E-state index contributed by atoms with van der Waals surface area (Å²) in [7, 11) is 0. The SMILES string of the molecule is CC(C)NC(=O)[C@@H]1CCC[C@H](NC(=O)[C@@H]2C[C@@H](O)CN2C(=O)[C@@H](n2cc(C3CC3)nn2)C(C)(C)C)C1. The Hall–Kier alpha value is -2.49. The van der Waals surface area contributed by atoms with Gasteiger partial charge in [0.25, 0.3) is 0 Å². The third-order valence-corrected chi connectivity index (χ3v) is 7.53. The first-order valence-corrected chi connectivity index (χ1v) is 13.4. The molecule has 2 saturated carbocycles. The number of aliphatic hydroxyl groups excluding tert-OH is 1. The van der Waals surface area contributed by atoms with E-state index in [1.807, 2.05) is 40.8 Å². The molecule has 0 unspecified atom stereocenters. The fourth-order valence-corrected chi connectivity index (χ4v) is 5.58. The Morgan fingerprint density at radius 1 is 1.08 bits per heavy atom. The fourth-order valence-electron chi connectivity index (χ4n) is 5.58. The molecule has 0 aromatic carbocycles. The summed E-state index contributed by atoms with van der Waals surface area (Å²) in [5.41, 5.74) is 0.432. The number of hydrogen-bond acceptors (Lipinski definition) is 6. The summed E-state index contributed by atoms with van der Waals surface area (Å²) in [5.74, 6) is -0.173. The molecular weight excluding hydrogens is 460 g/mol. The van der Waals surface area contributed by atoms with E-state index in [2.05, 4.69) is 20.9 Å². The van der Waals surface area contributed by atoms with Crippen molar-refractivity contribution in [2.24, 2.45) is 11.3 Å². The quantitative estimate of drug-likeness (QED) is 0.522. The molecule has 2 aliphatic carbocycles. The third-order valence-electron chi connectivity index (χ3n) is 7.53. The van der Waals surface area contributed by atoms with Crippen molar-refractivity contribution in [3.05, 3.63) is 11.9 Å². The van der Waals surface area contributed by atoms with Crippen LogP contribution in [0.25, 0.3) is 0 Å². The predicted octanol–water partition coefficient (Wildman–Crippen LogP) is 1.90. The van der Waals surface area contributed by atoms with Crippen molar-refractivity contribution in [3.8, 4) is 0 Å². The summed E-state index contributed by atoms with van der Waals surface area (Å²) < 4.78 is 1.63. The fraction of sp³-hybridized carbons (Fsp3) is 0.808. The predicted molar refractivity (Wildman–Crippen MR) is 134 cm³/mol. The number of likely N-dealkylation sites (tertiary alicyclic amines) is 1. The Morgan fingerprint density at radius 2 is 1.81 bits per heavy atom. The van der Waals surface area contributed by atoms with Gasteiger partial charge in [0.05, 0.1) is 11.8 Å². The second-order valence-corrected chi connectivity index (χ2v) is 12.3. The minimum absolute atomic E-state index is 0.0310. The highest BCUT2D eigenvalue weighted by Crippen LogP contribution is 2.40. The van der Waals surface area contributed by atoms with Gasteiger partial charge in [-0.2, -0.15) is 0 Å². The number of nitrogens with one attached hydrogen (secondary N) is 2. The highest BCUT2D eigenvalue weighted by molar-refractivity contribution is 5.90. The first-order valence-electron chi connectivity index (χ1n) is 13.4. The monoisotopic (exact) mass is 502 g/mol. The van der Waals surface area contributed by atoms with Gasteiger partial charge in [-0.3, -0.25) is 14.4 Å². The van der Waals surface area contributed by atoms with E-state index in [1.165, 1.54) is 4.90 Å². The molecule has 1 saturated heterocycles. The van der Waals surface area contributed by atoms with Crippen LogP contribution in [0.3, 0.4) is 0 Å². The number of β-amino-alcohol motifs (C(OH)–C–C–N with tert-alkyl or cyclic N) is 1. The van der Waals surface area contributed by atoms with E-state index < -0.39 is 23.6 Å². The Morgan fingerprint density at radius 3 is 2.44 bits per heavy atom. The van der Waals surface area contributed by atoms with Gasteiger partial charge in [0.15, 0.2) is 0 Å². The lowest BCUT2D eigenvalue weighted by molar-refractivity contribution is -0.144. The van der Waals surface area contributed by atoms with Crippen LogP contribution in [-0.4, -0.2) is 73.5 Å². The maximum absolute atomic E-state index is 13.9. The second kappa shape index (κ2) is 10.5. The van der Waals surface area contributed by atoms with Gasteiger partial charge in [-0.15, -0.1) is 5.10 Å². The number of amides is 3. The smallest absolute Gasteiger partial charge is 0.248 e. The van der Waals surface area contributed by atoms with Crippen LogP contribution in [-0.2, 0) is 14.4 Å². The number of hydrogen-bond donors (Lipinski definition) is 3. The molecule has 36 heavy (non-hydrogen) atoms. The van der Waals surface area contributed by atoms with Crippen molar-refractivity contribution in [3.63, 3.8) is 0 Å². The summed E-state index contributed by atoms with van der Waals surface area (Å²) in [6.45, 7) is 9.90. The number of nitrogens with zero attached hydrogens (tertiary/aromatic N) is 4. The van der Waals surface area contributed by atoms with Gasteiger partial charge in [0.2, 0.25) is 17.7 Å². The van der Waals surface area contributed by atoms with Crippen LogP contribution in [0.4, 0.5) is 0 Å². The van der Waals surface area contributed by atoms with E-state index in [1.54, 1.807) is 4.68 Å². The van der Waals surface area contributed by atoms with Crippen LogP contribution >= 0.6 is 0 Å². The van der Waals surface area contributed by atoms with Crippen molar-refractivity contribution in [2.45, 2.75) is 116 Å². The van der Waals surface area contributed by atoms with Gasteiger partial charge >= 0.3 is 0 Å². The summed E-state index contributed by atoms with van der Waals surface area (Å²) in [4.78, 5) is 41.3. The summed E-state index contributed by atoms with van der Waals surface area (Å²) in [6, 6.07) is -1.45. The van der Waals surface area contributed by atoms with E-state index in [9.17, 15) is 19.5 Å². The van der Waals surface area contributed by atoms with E-state index >= 15 is 0 Å². The minimum atomic E-state index is -0.765. The highest BCUT2D eigenvalue weighted by atomic mass is 16.3. The van der Waals surface area contributed by atoms with Crippen LogP contribution in [0.1, 0.15) is 97.2 Å². The zero-order valence-corrected chi connectivity index (χ0v) is 22.2. The van der Waals surface area contributed by atoms with Gasteiger partial charge in [-0.05, 0) is 51.4 Å². The highest BCUT2D eigenvalue weighted by Gasteiger charge is 2.46. The Balaban J connectivity index is 1.46. The zero-order valence-electron chi connectivity index (χ0n) is 22.2. The molecular formula is C26H42N6O4. The number of aromatic nitrogens is 3. The molecule has 1 aromatic rings. The molecule has 3 amide bonds. The van der Waals surface area contributed by atoms with Gasteiger partial charge < -0.3 is 20.6 Å². The standard InChI is InChI=1S/C26H42N6O4/c1-15(2)27-23(34)17-7-6-8-18(11-17)28-24(35)21-12-19(33)13-31(21)25(36)22(26(3,4)5)32-14-20(29-30-32)16-9-10-16/h14-19,21-22,33H,6-13H2,1-5H3,(H,27,34)(H,28,35)/t17-,18+,19-,21+,22-/m1/s1. The number of aliphatic hydroxyl groups is 1. The Bertz CT molecular complexity index is 966. The first-order chi connectivity index (χ1) is 16.9. The molecule has 10 nitrogen and oxygen atoms in total. The lowest BCUT2D eigenvalue weighted by atomic mass is 9.84. The molecule has 3 N–H and O–H groups in total. The van der Waals surface area contributed by atoms with Gasteiger partial charge in [-0.25, -0.2) is 4.68 Å². The van der Waals surface area contributed by atoms with Crippen LogP contribution in [0.15, 0.2) is 6.20 Å². The first kappa shape index (κ1) is 26.6. The molecule has 0 bridgehead atoms. The average Bonchev–Trinajstić information content (AvgIpc) is 3.39. The van der Waals surface area contributed by atoms with E-state index in [4.69, 9.17) is 0 Å². The van der Waals surface area contributed by atoms with Crippen molar-refractivity contribution in [2.75, 3.05) is 6.54 Å². The largest absolute Gasteiger partial charge is 0.391 e. The van der Waals surface area contributed by atoms with Crippen LogP contribution in [0, 0.1) is 11.3 Å². The molecule has 200 valence electrons. The molecule has 2 heterocycles. The molecule has 1 aromatic heterocycles. The number of carbonyl (C=O) groups excluding carboxylic acids is 3. The van der Waals surface area contributed by atoms with Crippen molar-refractivity contribution < 1.29 is 19.5 Å². The normalized spacial score (nSPS) is 27.7. The molecule has 4 rings (SSSR count). The molecule has 5 atom stereocenters. The molecule has 0 spiro atoms. The topological polar surface area (TPSA) is 129 Å². The van der Waals surface area contributed by atoms with Gasteiger partial charge in [0, 0.05) is 43.1 Å².